The largest absolute Gasteiger partial charge is 0.367 e. The number of rotatable bonds is 5. The molecular formula is C17H22N2. The lowest BCUT2D eigenvalue weighted by Gasteiger charge is -2.26. The summed E-state index contributed by atoms with van der Waals surface area (Å²) in [4.78, 5) is 2.38. The molecule has 2 nitrogen and oxygen atoms in total. The number of nitrogens with zero attached hydrogens (tertiary/aromatic N) is 1. The molecule has 0 aliphatic rings. The van der Waals surface area contributed by atoms with Crippen molar-refractivity contribution in [2.75, 3.05) is 11.4 Å². The summed E-state index contributed by atoms with van der Waals surface area (Å²) in [5.74, 6) is 0. The van der Waals surface area contributed by atoms with Gasteiger partial charge in [-0.05, 0) is 36.6 Å². The Hall–Kier alpha value is -1.80. The molecule has 2 aromatic carbocycles. The maximum atomic E-state index is 5.86. The normalized spacial score (nSPS) is 10.5. The van der Waals surface area contributed by atoms with Gasteiger partial charge in [0.05, 0.1) is 0 Å². The minimum atomic E-state index is 0.584. The summed E-state index contributed by atoms with van der Waals surface area (Å²) in [6, 6.07) is 17.1. The number of hydrogen-bond acceptors (Lipinski definition) is 2. The molecule has 0 fully saturated rings. The van der Waals surface area contributed by atoms with Crippen LogP contribution in [0.3, 0.4) is 0 Å². The van der Waals surface area contributed by atoms with Crippen LogP contribution in [0, 0.1) is 6.92 Å². The number of benzene rings is 2. The van der Waals surface area contributed by atoms with E-state index in [0.717, 1.165) is 13.1 Å². The van der Waals surface area contributed by atoms with Gasteiger partial charge in [-0.1, -0.05) is 42.5 Å². The van der Waals surface area contributed by atoms with Gasteiger partial charge in [-0.25, -0.2) is 0 Å². The molecule has 19 heavy (non-hydrogen) atoms. The van der Waals surface area contributed by atoms with Crippen molar-refractivity contribution in [3.63, 3.8) is 0 Å². The molecule has 100 valence electrons. The fourth-order valence-corrected chi connectivity index (χ4v) is 2.31. The van der Waals surface area contributed by atoms with Gasteiger partial charge in [-0.2, -0.15) is 0 Å². The highest BCUT2D eigenvalue weighted by Gasteiger charge is 2.09. The minimum Gasteiger partial charge on any atom is -0.367 e. The van der Waals surface area contributed by atoms with Gasteiger partial charge in [-0.3, -0.25) is 0 Å². The van der Waals surface area contributed by atoms with Gasteiger partial charge in [0.25, 0.3) is 0 Å². The van der Waals surface area contributed by atoms with E-state index in [1.165, 1.54) is 22.4 Å². The predicted octanol–water partition coefficient (Wildman–Crippen LogP) is 3.48. The smallest absolute Gasteiger partial charge is 0.0429 e. The van der Waals surface area contributed by atoms with Crippen LogP contribution in [0.4, 0.5) is 5.69 Å². The molecule has 0 unspecified atom stereocenters. The molecule has 0 aromatic heterocycles. The molecule has 0 saturated heterocycles. The van der Waals surface area contributed by atoms with E-state index in [1.807, 2.05) is 0 Å². The van der Waals surface area contributed by atoms with Crippen molar-refractivity contribution in [2.45, 2.75) is 26.9 Å². The Morgan fingerprint density at radius 2 is 1.79 bits per heavy atom. The number of aryl methyl sites for hydroxylation is 1. The molecule has 2 rings (SSSR count). The van der Waals surface area contributed by atoms with E-state index in [-0.39, 0.29) is 0 Å². The molecule has 2 heteroatoms. The molecule has 0 aliphatic heterocycles. The second kappa shape index (κ2) is 6.39. The fraction of sp³-hybridized carbons (Fsp3) is 0.294. The molecule has 0 aliphatic carbocycles. The number of hydrogen-bond donors (Lipinski definition) is 1. The third kappa shape index (κ3) is 3.36. The summed E-state index contributed by atoms with van der Waals surface area (Å²) >= 11 is 0. The van der Waals surface area contributed by atoms with Gasteiger partial charge in [0.2, 0.25) is 0 Å². The standard InChI is InChI=1S/C17H22N2/c1-3-19(13-15-7-5-4-6-8-15)17-11-14(2)9-10-16(17)12-18/h4-11H,3,12-13,18H2,1-2H3. The Bertz CT molecular complexity index is 520. The summed E-state index contributed by atoms with van der Waals surface area (Å²) in [7, 11) is 0. The van der Waals surface area contributed by atoms with E-state index >= 15 is 0 Å². The lowest BCUT2D eigenvalue weighted by molar-refractivity contribution is 0.821. The molecule has 0 saturated carbocycles. The fourth-order valence-electron chi connectivity index (χ4n) is 2.31. The highest BCUT2D eigenvalue weighted by Crippen LogP contribution is 2.23. The first-order chi connectivity index (χ1) is 9.24. The van der Waals surface area contributed by atoms with E-state index in [9.17, 15) is 0 Å². The summed E-state index contributed by atoms with van der Waals surface area (Å²) in [6.45, 7) is 6.80. The van der Waals surface area contributed by atoms with Crippen molar-refractivity contribution in [3.05, 3.63) is 65.2 Å². The van der Waals surface area contributed by atoms with Gasteiger partial charge >= 0.3 is 0 Å². The minimum absolute atomic E-state index is 0.584. The lowest BCUT2D eigenvalue weighted by Crippen LogP contribution is -2.24. The van der Waals surface area contributed by atoms with Crippen molar-refractivity contribution in [1.82, 2.24) is 0 Å². The Morgan fingerprint density at radius 3 is 2.42 bits per heavy atom. The predicted molar refractivity (Wildman–Crippen MR) is 82.2 cm³/mol. The van der Waals surface area contributed by atoms with Gasteiger partial charge < -0.3 is 10.6 Å². The van der Waals surface area contributed by atoms with Crippen LogP contribution in [0.15, 0.2) is 48.5 Å². The first kappa shape index (κ1) is 13.6. The van der Waals surface area contributed by atoms with E-state index < -0.39 is 0 Å². The first-order valence-electron chi connectivity index (χ1n) is 6.83. The highest BCUT2D eigenvalue weighted by molar-refractivity contribution is 5.55. The average molecular weight is 254 g/mol. The number of nitrogens with two attached hydrogens (primary N) is 1. The van der Waals surface area contributed by atoms with Crippen molar-refractivity contribution in [3.8, 4) is 0 Å². The van der Waals surface area contributed by atoms with Crippen LogP contribution < -0.4 is 10.6 Å². The van der Waals surface area contributed by atoms with Crippen LogP contribution in [0.5, 0.6) is 0 Å². The summed E-state index contributed by atoms with van der Waals surface area (Å²) in [5.41, 5.74) is 10.9. The van der Waals surface area contributed by atoms with Crippen LogP contribution >= 0.6 is 0 Å². The zero-order valence-corrected chi connectivity index (χ0v) is 11.8. The molecule has 0 radical (unpaired) electrons. The monoisotopic (exact) mass is 254 g/mol. The zero-order chi connectivity index (χ0) is 13.7. The van der Waals surface area contributed by atoms with E-state index in [4.69, 9.17) is 5.73 Å². The SMILES string of the molecule is CCN(Cc1ccccc1)c1cc(C)ccc1CN. The van der Waals surface area contributed by atoms with Crippen molar-refractivity contribution >= 4 is 5.69 Å². The van der Waals surface area contributed by atoms with Crippen LogP contribution in [-0.4, -0.2) is 6.54 Å². The van der Waals surface area contributed by atoms with Gasteiger partial charge in [0.1, 0.15) is 0 Å². The summed E-state index contributed by atoms with van der Waals surface area (Å²) in [5, 5.41) is 0. The third-order valence-electron chi connectivity index (χ3n) is 3.40. The van der Waals surface area contributed by atoms with Crippen LogP contribution in [-0.2, 0) is 13.1 Å². The Balaban J connectivity index is 2.29. The van der Waals surface area contributed by atoms with E-state index in [2.05, 4.69) is 67.3 Å². The Kier molecular flexibility index (Phi) is 4.58. The molecule has 0 heterocycles. The second-order valence-electron chi connectivity index (χ2n) is 4.84. The van der Waals surface area contributed by atoms with Crippen LogP contribution in [0.1, 0.15) is 23.6 Å². The molecule has 2 aromatic rings. The molecule has 0 bridgehead atoms. The second-order valence-corrected chi connectivity index (χ2v) is 4.84. The molecule has 0 spiro atoms. The van der Waals surface area contributed by atoms with Crippen LogP contribution in [0.2, 0.25) is 0 Å². The quantitative estimate of drug-likeness (QED) is 0.885. The van der Waals surface area contributed by atoms with Gasteiger partial charge in [-0.15, -0.1) is 0 Å². The maximum absolute atomic E-state index is 5.86. The first-order valence-corrected chi connectivity index (χ1v) is 6.83. The summed E-state index contributed by atoms with van der Waals surface area (Å²) < 4.78 is 0. The molecular weight excluding hydrogens is 232 g/mol. The molecule has 0 atom stereocenters. The Morgan fingerprint density at radius 1 is 1.05 bits per heavy atom. The molecule has 0 amide bonds. The van der Waals surface area contributed by atoms with Gasteiger partial charge in [0.15, 0.2) is 0 Å². The van der Waals surface area contributed by atoms with E-state index in [0.29, 0.717) is 6.54 Å². The van der Waals surface area contributed by atoms with E-state index in [1.54, 1.807) is 0 Å². The highest BCUT2D eigenvalue weighted by atomic mass is 15.1. The molecule has 2 N–H and O–H groups in total. The zero-order valence-electron chi connectivity index (χ0n) is 11.8. The lowest BCUT2D eigenvalue weighted by atomic mass is 10.1. The third-order valence-corrected chi connectivity index (χ3v) is 3.40. The van der Waals surface area contributed by atoms with Gasteiger partial charge in [0, 0.05) is 25.3 Å². The van der Waals surface area contributed by atoms with Crippen molar-refractivity contribution in [2.24, 2.45) is 5.73 Å². The summed E-state index contributed by atoms with van der Waals surface area (Å²) in [6.07, 6.45) is 0. The number of anilines is 1. The average Bonchev–Trinajstić information content (AvgIpc) is 2.46. The van der Waals surface area contributed by atoms with Crippen molar-refractivity contribution in [1.29, 1.82) is 0 Å². The topological polar surface area (TPSA) is 29.3 Å². The maximum Gasteiger partial charge on any atom is 0.0429 e. The van der Waals surface area contributed by atoms with Crippen LogP contribution in [0.25, 0.3) is 0 Å². The Labute approximate surface area is 115 Å². The van der Waals surface area contributed by atoms with Crippen molar-refractivity contribution < 1.29 is 0 Å².